The van der Waals surface area contributed by atoms with E-state index in [-0.39, 0.29) is 5.91 Å². The van der Waals surface area contributed by atoms with E-state index in [0.29, 0.717) is 6.42 Å². The fourth-order valence-corrected chi connectivity index (χ4v) is 2.63. The second-order valence-electron chi connectivity index (χ2n) is 5.37. The predicted molar refractivity (Wildman–Crippen MR) is 84.9 cm³/mol. The summed E-state index contributed by atoms with van der Waals surface area (Å²) in [6.07, 6.45) is 0.575. The van der Waals surface area contributed by atoms with Crippen LogP contribution in [0.1, 0.15) is 42.5 Å². The van der Waals surface area contributed by atoms with Crippen LogP contribution in [0.4, 0.5) is 0 Å². The van der Waals surface area contributed by atoms with E-state index in [0.717, 1.165) is 26.2 Å². The number of carbonyl (C=O) groups excluding carboxylic acids is 1. The third kappa shape index (κ3) is 4.64. The zero-order valence-corrected chi connectivity index (χ0v) is 13.5. The molecule has 0 bridgehead atoms. The summed E-state index contributed by atoms with van der Waals surface area (Å²) in [6, 6.07) is 4.43. The number of nitrogens with zero attached hydrogens (tertiary/aromatic N) is 1. The molecule has 112 valence electrons. The van der Waals surface area contributed by atoms with Crippen LogP contribution in [0.5, 0.6) is 0 Å². The summed E-state index contributed by atoms with van der Waals surface area (Å²) in [5.41, 5.74) is 5.31. The average molecular weight is 276 g/mol. The molecular weight excluding hydrogens is 248 g/mol. The molecular formula is C17H28N2O. The third-order valence-corrected chi connectivity index (χ3v) is 3.77. The highest BCUT2D eigenvalue weighted by Gasteiger charge is 2.09. The molecule has 1 amide bonds. The summed E-state index contributed by atoms with van der Waals surface area (Å²) in [5.74, 6) is 0.236. The van der Waals surface area contributed by atoms with Crippen LogP contribution in [-0.2, 0) is 11.3 Å². The SMILES string of the molecule is CCN(CC)C(=O)CCNCc1c(C)cc(C)cc1C. The Balaban J connectivity index is 2.44. The molecule has 0 unspecified atom stereocenters. The molecule has 0 aliphatic carbocycles. The van der Waals surface area contributed by atoms with E-state index in [2.05, 4.69) is 38.2 Å². The summed E-state index contributed by atoms with van der Waals surface area (Å²) in [7, 11) is 0. The predicted octanol–water partition coefficient (Wildman–Crippen LogP) is 2.96. The van der Waals surface area contributed by atoms with Gasteiger partial charge in [-0.05, 0) is 51.3 Å². The fourth-order valence-electron chi connectivity index (χ4n) is 2.63. The Labute approximate surface area is 123 Å². The van der Waals surface area contributed by atoms with Crippen molar-refractivity contribution in [3.05, 3.63) is 34.4 Å². The first-order chi connectivity index (χ1) is 9.49. The Morgan fingerprint density at radius 1 is 1.10 bits per heavy atom. The summed E-state index contributed by atoms with van der Waals surface area (Å²) >= 11 is 0. The zero-order chi connectivity index (χ0) is 15.1. The molecule has 3 heteroatoms. The van der Waals surface area contributed by atoms with Crippen LogP contribution in [0, 0.1) is 20.8 Å². The van der Waals surface area contributed by atoms with E-state index in [9.17, 15) is 4.79 Å². The number of carbonyl (C=O) groups is 1. The first kappa shape index (κ1) is 16.7. The van der Waals surface area contributed by atoms with Crippen molar-refractivity contribution in [2.75, 3.05) is 19.6 Å². The number of benzene rings is 1. The summed E-state index contributed by atoms with van der Waals surface area (Å²) in [4.78, 5) is 13.8. The largest absolute Gasteiger partial charge is 0.343 e. The minimum absolute atomic E-state index is 0.236. The van der Waals surface area contributed by atoms with Crippen molar-refractivity contribution in [3.63, 3.8) is 0 Å². The van der Waals surface area contributed by atoms with E-state index in [4.69, 9.17) is 0 Å². The Hall–Kier alpha value is -1.35. The minimum Gasteiger partial charge on any atom is -0.343 e. The smallest absolute Gasteiger partial charge is 0.223 e. The normalized spacial score (nSPS) is 10.7. The zero-order valence-electron chi connectivity index (χ0n) is 13.5. The number of hydrogen-bond acceptors (Lipinski definition) is 2. The van der Waals surface area contributed by atoms with E-state index in [1.807, 2.05) is 18.7 Å². The van der Waals surface area contributed by atoms with Gasteiger partial charge in [0, 0.05) is 32.6 Å². The van der Waals surface area contributed by atoms with Gasteiger partial charge in [0.1, 0.15) is 0 Å². The van der Waals surface area contributed by atoms with Crippen molar-refractivity contribution in [1.82, 2.24) is 10.2 Å². The minimum atomic E-state index is 0.236. The molecule has 1 N–H and O–H groups in total. The van der Waals surface area contributed by atoms with E-state index >= 15 is 0 Å². The second-order valence-corrected chi connectivity index (χ2v) is 5.37. The van der Waals surface area contributed by atoms with Gasteiger partial charge in [-0.2, -0.15) is 0 Å². The lowest BCUT2D eigenvalue weighted by molar-refractivity contribution is -0.130. The number of nitrogens with one attached hydrogen (secondary N) is 1. The molecule has 3 nitrogen and oxygen atoms in total. The number of aryl methyl sites for hydroxylation is 3. The van der Waals surface area contributed by atoms with Crippen LogP contribution in [0.15, 0.2) is 12.1 Å². The summed E-state index contributed by atoms with van der Waals surface area (Å²) in [6.45, 7) is 13.6. The maximum Gasteiger partial charge on any atom is 0.223 e. The monoisotopic (exact) mass is 276 g/mol. The lowest BCUT2D eigenvalue weighted by Gasteiger charge is -2.19. The van der Waals surface area contributed by atoms with E-state index < -0.39 is 0 Å². The third-order valence-electron chi connectivity index (χ3n) is 3.77. The van der Waals surface area contributed by atoms with Crippen molar-refractivity contribution in [2.45, 2.75) is 47.6 Å². The van der Waals surface area contributed by atoms with Crippen LogP contribution < -0.4 is 5.32 Å². The molecule has 0 saturated heterocycles. The van der Waals surface area contributed by atoms with Crippen LogP contribution in [0.25, 0.3) is 0 Å². The van der Waals surface area contributed by atoms with Gasteiger partial charge in [0.05, 0.1) is 0 Å². The number of hydrogen-bond donors (Lipinski definition) is 1. The van der Waals surface area contributed by atoms with Crippen LogP contribution in [0.2, 0.25) is 0 Å². The van der Waals surface area contributed by atoms with Crippen molar-refractivity contribution in [1.29, 1.82) is 0 Å². The average Bonchev–Trinajstić information content (AvgIpc) is 2.38. The Morgan fingerprint density at radius 2 is 1.65 bits per heavy atom. The molecule has 0 aromatic heterocycles. The van der Waals surface area contributed by atoms with Gasteiger partial charge >= 0.3 is 0 Å². The van der Waals surface area contributed by atoms with Crippen molar-refractivity contribution in [3.8, 4) is 0 Å². The molecule has 0 spiro atoms. The van der Waals surface area contributed by atoms with Gasteiger partial charge in [-0.25, -0.2) is 0 Å². The fraction of sp³-hybridized carbons (Fsp3) is 0.588. The van der Waals surface area contributed by atoms with Gasteiger partial charge in [0.25, 0.3) is 0 Å². The Morgan fingerprint density at radius 3 is 2.15 bits per heavy atom. The van der Waals surface area contributed by atoms with Crippen LogP contribution in [0.3, 0.4) is 0 Å². The van der Waals surface area contributed by atoms with Crippen molar-refractivity contribution < 1.29 is 4.79 Å². The van der Waals surface area contributed by atoms with Gasteiger partial charge in [0.2, 0.25) is 5.91 Å². The van der Waals surface area contributed by atoms with Gasteiger partial charge in [-0.15, -0.1) is 0 Å². The molecule has 0 atom stereocenters. The molecule has 0 aliphatic heterocycles. The lowest BCUT2D eigenvalue weighted by Crippen LogP contribution is -2.32. The van der Waals surface area contributed by atoms with Gasteiger partial charge in [0.15, 0.2) is 0 Å². The Bertz CT molecular complexity index is 427. The van der Waals surface area contributed by atoms with Gasteiger partial charge in [-0.3, -0.25) is 4.79 Å². The molecule has 1 aromatic carbocycles. The molecule has 0 heterocycles. The number of amides is 1. The maximum atomic E-state index is 11.9. The molecule has 1 aromatic rings. The lowest BCUT2D eigenvalue weighted by atomic mass is 10.00. The second kappa shape index (κ2) is 8.05. The van der Waals surface area contributed by atoms with Crippen LogP contribution in [-0.4, -0.2) is 30.4 Å². The van der Waals surface area contributed by atoms with Gasteiger partial charge < -0.3 is 10.2 Å². The topological polar surface area (TPSA) is 32.3 Å². The highest BCUT2D eigenvalue weighted by Crippen LogP contribution is 2.15. The molecule has 0 radical (unpaired) electrons. The quantitative estimate of drug-likeness (QED) is 0.777. The summed E-state index contributed by atoms with van der Waals surface area (Å²) < 4.78 is 0. The van der Waals surface area contributed by atoms with Gasteiger partial charge in [-0.1, -0.05) is 17.7 Å². The molecule has 1 rings (SSSR count). The van der Waals surface area contributed by atoms with E-state index in [1.54, 1.807) is 0 Å². The number of rotatable bonds is 7. The highest BCUT2D eigenvalue weighted by molar-refractivity contribution is 5.76. The molecule has 0 aliphatic rings. The molecule has 0 fully saturated rings. The van der Waals surface area contributed by atoms with Crippen molar-refractivity contribution in [2.24, 2.45) is 0 Å². The molecule has 0 saturated carbocycles. The van der Waals surface area contributed by atoms with E-state index in [1.165, 1.54) is 22.3 Å². The maximum absolute atomic E-state index is 11.9. The first-order valence-corrected chi connectivity index (χ1v) is 7.54. The van der Waals surface area contributed by atoms with Crippen LogP contribution >= 0.6 is 0 Å². The first-order valence-electron chi connectivity index (χ1n) is 7.54. The highest BCUT2D eigenvalue weighted by atomic mass is 16.2. The standard InChI is InChI=1S/C17H28N2O/c1-6-19(7-2)17(20)8-9-18-12-16-14(4)10-13(3)11-15(16)5/h10-11,18H,6-9,12H2,1-5H3. The molecule has 20 heavy (non-hydrogen) atoms. The van der Waals surface area contributed by atoms with Crippen molar-refractivity contribution >= 4 is 5.91 Å². The Kier molecular flexibility index (Phi) is 6.73. The summed E-state index contributed by atoms with van der Waals surface area (Å²) in [5, 5.41) is 3.39.